The summed E-state index contributed by atoms with van der Waals surface area (Å²) in [6.45, 7) is 14.4. The third-order valence-corrected chi connectivity index (χ3v) is 5.99. The van der Waals surface area contributed by atoms with E-state index in [1.54, 1.807) is 12.4 Å². The van der Waals surface area contributed by atoms with Crippen LogP contribution >= 0.6 is 0 Å². The second-order valence-electron chi connectivity index (χ2n) is 9.20. The van der Waals surface area contributed by atoms with Crippen LogP contribution in [0, 0.1) is 5.92 Å². The molecule has 5 heteroatoms. The summed E-state index contributed by atoms with van der Waals surface area (Å²) >= 11 is 0. The molecule has 1 aromatic rings. The van der Waals surface area contributed by atoms with Crippen molar-refractivity contribution < 1.29 is 0 Å². The maximum atomic E-state index is 12.4. The van der Waals surface area contributed by atoms with Gasteiger partial charge in [-0.3, -0.25) is 9.36 Å². The molecule has 146 valence electrons. The molecule has 3 rings (SSSR count). The lowest BCUT2D eigenvalue weighted by Crippen LogP contribution is -2.42. The van der Waals surface area contributed by atoms with Gasteiger partial charge < -0.3 is 9.80 Å². The maximum Gasteiger partial charge on any atom is 0.253 e. The zero-order valence-corrected chi connectivity index (χ0v) is 16.9. The molecule has 0 amide bonds. The average Bonchev–Trinajstić information content (AvgIpc) is 2.63. The van der Waals surface area contributed by atoms with Crippen molar-refractivity contribution in [3.63, 3.8) is 0 Å². The number of rotatable bonds is 5. The van der Waals surface area contributed by atoms with E-state index in [-0.39, 0.29) is 11.0 Å². The number of aromatic nitrogens is 2. The van der Waals surface area contributed by atoms with Gasteiger partial charge in [-0.25, -0.2) is 4.98 Å². The molecule has 0 atom stereocenters. The molecule has 2 aliphatic rings. The smallest absolute Gasteiger partial charge is 0.253 e. The molecular formula is C21H36N4O. The van der Waals surface area contributed by atoms with E-state index < -0.39 is 0 Å². The van der Waals surface area contributed by atoms with E-state index in [1.165, 1.54) is 71.4 Å². The lowest BCUT2D eigenvalue weighted by atomic mass is 9.92. The number of likely N-dealkylation sites (tertiary alicyclic amines) is 2. The second kappa shape index (κ2) is 8.66. The molecule has 5 nitrogen and oxygen atoms in total. The summed E-state index contributed by atoms with van der Waals surface area (Å²) in [6, 6.07) is 1.72. The summed E-state index contributed by atoms with van der Waals surface area (Å²) in [5.41, 5.74) is 0.904. The third kappa shape index (κ3) is 5.40. The van der Waals surface area contributed by atoms with E-state index in [0.717, 1.165) is 12.2 Å². The van der Waals surface area contributed by atoms with Crippen molar-refractivity contribution >= 4 is 0 Å². The quantitative estimate of drug-likeness (QED) is 0.810. The topological polar surface area (TPSA) is 41.4 Å². The molecule has 0 N–H and O–H groups in total. The van der Waals surface area contributed by atoms with Crippen LogP contribution in [-0.2, 0) is 12.0 Å². The molecule has 2 saturated heterocycles. The number of hydrogen-bond acceptors (Lipinski definition) is 4. The van der Waals surface area contributed by atoms with Crippen LogP contribution in [0.2, 0.25) is 0 Å². The highest BCUT2D eigenvalue weighted by molar-refractivity contribution is 5.10. The first kappa shape index (κ1) is 19.6. The van der Waals surface area contributed by atoms with E-state index in [4.69, 9.17) is 0 Å². The van der Waals surface area contributed by atoms with Crippen LogP contribution in [0.5, 0.6) is 0 Å². The molecule has 2 aliphatic heterocycles. The molecule has 0 bridgehead atoms. The van der Waals surface area contributed by atoms with Crippen molar-refractivity contribution in [3.05, 3.63) is 28.4 Å². The summed E-state index contributed by atoms with van der Waals surface area (Å²) in [6.07, 6.45) is 8.29. The first-order valence-corrected chi connectivity index (χ1v) is 10.4. The summed E-state index contributed by atoms with van der Waals surface area (Å²) in [5, 5.41) is 0. The number of nitrogens with zero attached hydrogens (tertiary/aromatic N) is 4. The second-order valence-corrected chi connectivity index (χ2v) is 9.20. The van der Waals surface area contributed by atoms with Crippen LogP contribution in [0.1, 0.15) is 58.6 Å². The number of piperidine rings is 2. The van der Waals surface area contributed by atoms with Gasteiger partial charge in [-0.1, -0.05) is 27.2 Å². The fourth-order valence-electron chi connectivity index (χ4n) is 4.11. The van der Waals surface area contributed by atoms with Crippen molar-refractivity contribution in [2.45, 2.75) is 64.8 Å². The molecule has 26 heavy (non-hydrogen) atoms. The van der Waals surface area contributed by atoms with Gasteiger partial charge in [-0.15, -0.1) is 0 Å². The third-order valence-electron chi connectivity index (χ3n) is 5.99. The summed E-state index contributed by atoms with van der Waals surface area (Å²) < 4.78 is 1.81. The van der Waals surface area contributed by atoms with Crippen LogP contribution in [0.3, 0.4) is 0 Å². The van der Waals surface area contributed by atoms with Gasteiger partial charge in [0.05, 0.1) is 12.0 Å². The Morgan fingerprint density at radius 2 is 1.62 bits per heavy atom. The maximum absolute atomic E-state index is 12.4. The van der Waals surface area contributed by atoms with Gasteiger partial charge >= 0.3 is 0 Å². The van der Waals surface area contributed by atoms with Gasteiger partial charge in [-0.2, -0.15) is 0 Å². The van der Waals surface area contributed by atoms with E-state index >= 15 is 0 Å². The predicted octanol–water partition coefficient (Wildman–Crippen LogP) is 2.74. The molecule has 0 spiro atoms. The Morgan fingerprint density at radius 1 is 1.00 bits per heavy atom. The van der Waals surface area contributed by atoms with Crippen molar-refractivity contribution in [3.8, 4) is 0 Å². The zero-order chi connectivity index (χ0) is 18.6. The largest absolute Gasteiger partial charge is 0.302 e. The fourth-order valence-corrected chi connectivity index (χ4v) is 4.11. The Bertz CT molecular complexity index is 620. The lowest BCUT2D eigenvalue weighted by molar-refractivity contribution is 0.140. The molecule has 0 aliphatic carbocycles. The lowest BCUT2D eigenvalue weighted by Gasteiger charge is -2.34. The monoisotopic (exact) mass is 360 g/mol. The highest BCUT2D eigenvalue weighted by Gasteiger charge is 2.22. The minimum Gasteiger partial charge on any atom is -0.302 e. The van der Waals surface area contributed by atoms with Crippen molar-refractivity contribution in [1.82, 2.24) is 19.4 Å². The van der Waals surface area contributed by atoms with Gasteiger partial charge in [0.15, 0.2) is 0 Å². The van der Waals surface area contributed by atoms with E-state index in [1.807, 2.05) is 4.57 Å². The molecule has 0 aromatic carbocycles. The SMILES string of the molecule is CC(C)(C)c1cc(=O)n(CC2CCN(CCN3CCCCC3)CC2)cn1. The molecule has 0 saturated carbocycles. The Hall–Kier alpha value is -1.20. The zero-order valence-electron chi connectivity index (χ0n) is 16.9. The Labute approximate surface area is 158 Å². The van der Waals surface area contributed by atoms with Crippen LogP contribution in [-0.4, -0.2) is 58.6 Å². The number of hydrogen-bond donors (Lipinski definition) is 0. The van der Waals surface area contributed by atoms with Crippen LogP contribution in [0.4, 0.5) is 0 Å². The molecule has 0 radical (unpaired) electrons. The molecule has 3 heterocycles. The first-order chi connectivity index (χ1) is 12.4. The Balaban J connectivity index is 1.44. The molecule has 0 unspecified atom stereocenters. The molecule has 1 aromatic heterocycles. The van der Waals surface area contributed by atoms with Crippen LogP contribution in [0.25, 0.3) is 0 Å². The summed E-state index contributed by atoms with van der Waals surface area (Å²) in [7, 11) is 0. The Kier molecular flexibility index (Phi) is 6.51. The van der Waals surface area contributed by atoms with Crippen molar-refractivity contribution in [1.29, 1.82) is 0 Å². The highest BCUT2D eigenvalue weighted by Crippen LogP contribution is 2.20. The van der Waals surface area contributed by atoms with Gasteiger partial charge in [0.1, 0.15) is 0 Å². The molecular weight excluding hydrogens is 324 g/mol. The van der Waals surface area contributed by atoms with E-state index in [2.05, 4.69) is 35.6 Å². The van der Waals surface area contributed by atoms with E-state index in [0.29, 0.717) is 5.92 Å². The minimum absolute atomic E-state index is 0.0715. The first-order valence-electron chi connectivity index (χ1n) is 10.4. The van der Waals surface area contributed by atoms with Gasteiger partial charge in [0.25, 0.3) is 5.56 Å². The van der Waals surface area contributed by atoms with Gasteiger partial charge in [0.2, 0.25) is 0 Å². The minimum atomic E-state index is -0.0715. The fraction of sp³-hybridized carbons (Fsp3) is 0.810. The summed E-state index contributed by atoms with van der Waals surface area (Å²) in [5.74, 6) is 0.598. The molecule has 2 fully saturated rings. The van der Waals surface area contributed by atoms with Crippen LogP contribution < -0.4 is 5.56 Å². The van der Waals surface area contributed by atoms with Crippen molar-refractivity contribution in [2.24, 2.45) is 5.92 Å². The van der Waals surface area contributed by atoms with Crippen LogP contribution in [0.15, 0.2) is 17.2 Å². The Morgan fingerprint density at radius 3 is 2.19 bits per heavy atom. The van der Waals surface area contributed by atoms with Gasteiger partial charge in [-0.05, 0) is 57.8 Å². The van der Waals surface area contributed by atoms with Crippen molar-refractivity contribution in [2.75, 3.05) is 39.3 Å². The van der Waals surface area contributed by atoms with E-state index in [9.17, 15) is 4.79 Å². The summed E-state index contributed by atoms with van der Waals surface area (Å²) in [4.78, 5) is 22.2. The predicted molar refractivity (Wildman–Crippen MR) is 107 cm³/mol. The standard InChI is InChI=1S/C21H36N4O/c1-21(2,3)19-15-20(26)25(17-22-19)16-18-7-11-24(12-8-18)14-13-23-9-5-4-6-10-23/h15,17-18H,4-14,16H2,1-3H3. The van der Waals surface area contributed by atoms with Gasteiger partial charge in [0, 0.05) is 31.1 Å². The highest BCUT2D eigenvalue weighted by atomic mass is 16.1. The normalized spacial score (nSPS) is 21.2. The average molecular weight is 361 g/mol.